The minimum absolute atomic E-state index is 0.0524. The summed E-state index contributed by atoms with van der Waals surface area (Å²) < 4.78 is 40.1. The van der Waals surface area contributed by atoms with Crippen LogP contribution in [0.2, 0.25) is 5.02 Å². The van der Waals surface area contributed by atoms with Gasteiger partial charge in [-0.05, 0) is 36.4 Å². The third kappa shape index (κ3) is 4.18. The molecule has 1 fully saturated rings. The zero-order valence-electron chi connectivity index (χ0n) is 15.3. The van der Waals surface area contributed by atoms with Gasteiger partial charge in [0.25, 0.3) is 5.56 Å². The molecule has 1 aliphatic heterocycles. The van der Waals surface area contributed by atoms with E-state index in [0.29, 0.717) is 41.4 Å². The van der Waals surface area contributed by atoms with Crippen molar-refractivity contribution >= 4 is 32.5 Å². The van der Waals surface area contributed by atoms with Crippen LogP contribution in [0.5, 0.6) is 0 Å². The van der Waals surface area contributed by atoms with E-state index in [0.717, 1.165) is 6.07 Å². The molecule has 7 nitrogen and oxygen atoms in total. The zero-order valence-corrected chi connectivity index (χ0v) is 16.9. The number of halogens is 2. The van der Waals surface area contributed by atoms with Gasteiger partial charge in [0.2, 0.25) is 10.0 Å². The van der Waals surface area contributed by atoms with E-state index in [1.807, 2.05) is 4.90 Å². The van der Waals surface area contributed by atoms with Crippen LogP contribution in [0.1, 0.15) is 5.82 Å². The van der Waals surface area contributed by atoms with Gasteiger partial charge in [-0.2, -0.15) is 4.31 Å². The number of aromatic nitrogens is 2. The van der Waals surface area contributed by atoms with Crippen molar-refractivity contribution in [2.24, 2.45) is 0 Å². The van der Waals surface area contributed by atoms with Crippen LogP contribution < -0.4 is 5.56 Å². The van der Waals surface area contributed by atoms with Crippen molar-refractivity contribution in [3.05, 3.63) is 69.5 Å². The predicted molar refractivity (Wildman–Crippen MR) is 108 cm³/mol. The highest BCUT2D eigenvalue weighted by molar-refractivity contribution is 7.89. The SMILES string of the molecule is O=c1[nH]c(CN2CCN(S(=O)(=O)c3cccc(F)c3)CC2)nc2cc(Cl)ccc12. The van der Waals surface area contributed by atoms with E-state index in [4.69, 9.17) is 11.6 Å². The topological polar surface area (TPSA) is 86.4 Å². The van der Waals surface area contributed by atoms with Gasteiger partial charge in [-0.15, -0.1) is 0 Å². The molecule has 0 spiro atoms. The van der Waals surface area contributed by atoms with E-state index < -0.39 is 15.8 Å². The van der Waals surface area contributed by atoms with Crippen LogP contribution in [0.15, 0.2) is 52.2 Å². The van der Waals surface area contributed by atoms with Crippen molar-refractivity contribution in [2.45, 2.75) is 11.4 Å². The van der Waals surface area contributed by atoms with Crippen LogP contribution in [-0.2, 0) is 16.6 Å². The molecule has 29 heavy (non-hydrogen) atoms. The van der Waals surface area contributed by atoms with Crippen LogP contribution in [0.4, 0.5) is 4.39 Å². The first kappa shape index (κ1) is 20.0. The first-order valence-electron chi connectivity index (χ1n) is 8.99. The number of benzene rings is 2. The Morgan fingerprint density at radius 1 is 1.10 bits per heavy atom. The molecule has 2 aromatic carbocycles. The Morgan fingerprint density at radius 2 is 1.86 bits per heavy atom. The van der Waals surface area contributed by atoms with Gasteiger partial charge in [0, 0.05) is 31.2 Å². The normalized spacial score (nSPS) is 16.3. The number of rotatable bonds is 4. The number of piperazine rings is 1. The van der Waals surface area contributed by atoms with E-state index >= 15 is 0 Å². The van der Waals surface area contributed by atoms with Gasteiger partial charge in [-0.25, -0.2) is 17.8 Å². The van der Waals surface area contributed by atoms with E-state index in [1.54, 1.807) is 18.2 Å². The monoisotopic (exact) mass is 436 g/mol. The van der Waals surface area contributed by atoms with E-state index in [9.17, 15) is 17.6 Å². The number of hydrogen-bond acceptors (Lipinski definition) is 5. The van der Waals surface area contributed by atoms with Crippen molar-refractivity contribution in [3.8, 4) is 0 Å². The number of fused-ring (bicyclic) bond motifs is 1. The molecule has 1 aliphatic rings. The third-order valence-electron chi connectivity index (χ3n) is 4.86. The van der Waals surface area contributed by atoms with Crippen molar-refractivity contribution in [1.29, 1.82) is 0 Å². The Morgan fingerprint density at radius 3 is 2.59 bits per heavy atom. The highest BCUT2D eigenvalue weighted by atomic mass is 35.5. The quantitative estimate of drug-likeness (QED) is 0.677. The number of nitrogens with one attached hydrogen (secondary N) is 1. The molecule has 1 N–H and O–H groups in total. The van der Waals surface area contributed by atoms with Gasteiger partial charge in [-0.3, -0.25) is 9.69 Å². The smallest absolute Gasteiger partial charge is 0.258 e. The van der Waals surface area contributed by atoms with Gasteiger partial charge in [0.15, 0.2) is 0 Å². The van der Waals surface area contributed by atoms with Gasteiger partial charge in [0.1, 0.15) is 11.6 Å². The van der Waals surface area contributed by atoms with Crippen LogP contribution in [-0.4, -0.2) is 53.8 Å². The van der Waals surface area contributed by atoms with Crippen LogP contribution in [0.3, 0.4) is 0 Å². The van der Waals surface area contributed by atoms with Gasteiger partial charge in [-0.1, -0.05) is 17.7 Å². The van der Waals surface area contributed by atoms with E-state index in [-0.39, 0.29) is 23.5 Å². The number of H-pyrrole nitrogens is 1. The summed E-state index contributed by atoms with van der Waals surface area (Å²) in [6, 6.07) is 9.91. The fourth-order valence-corrected chi connectivity index (χ4v) is 4.97. The molecule has 1 aromatic heterocycles. The molecule has 0 unspecified atom stereocenters. The maximum atomic E-state index is 13.4. The Kier molecular flexibility index (Phi) is 5.39. The predicted octanol–water partition coefficient (Wildman–Crippen LogP) is 2.22. The molecule has 10 heteroatoms. The summed E-state index contributed by atoms with van der Waals surface area (Å²) in [6.07, 6.45) is 0. The number of nitrogens with zero attached hydrogens (tertiary/aromatic N) is 3. The Labute approximate surface area is 171 Å². The molecule has 3 aromatic rings. The molecular formula is C19H18ClFN4O3S. The summed E-state index contributed by atoms with van der Waals surface area (Å²) in [4.78, 5) is 21.4. The average molecular weight is 437 g/mol. The molecule has 0 saturated carbocycles. The van der Waals surface area contributed by atoms with Crippen molar-refractivity contribution in [3.63, 3.8) is 0 Å². The fourth-order valence-electron chi connectivity index (χ4n) is 3.35. The molecule has 0 aliphatic carbocycles. The molecule has 2 heterocycles. The summed E-state index contributed by atoms with van der Waals surface area (Å²) in [6.45, 7) is 1.84. The second kappa shape index (κ2) is 7.83. The van der Waals surface area contributed by atoms with Crippen LogP contribution >= 0.6 is 11.6 Å². The summed E-state index contributed by atoms with van der Waals surface area (Å²) in [7, 11) is -3.74. The number of aromatic amines is 1. The molecule has 4 rings (SSSR count). The maximum Gasteiger partial charge on any atom is 0.258 e. The number of hydrogen-bond donors (Lipinski definition) is 1. The highest BCUT2D eigenvalue weighted by Gasteiger charge is 2.29. The molecular weight excluding hydrogens is 419 g/mol. The molecule has 0 atom stereocenters. The second-order valence-electron chi connectivity index (χ2n) is 6.81. The van der Waals surface area contributed by atoms with E-state index in [1.165, 1.54) is 22.5 Å². The lowest BCUT2D eigenvalue weighted by atomic mass is 10.2. The third-order valence-corrected chi connectivity index (χ3v) is 6.99. The summed E-state index contributed by atoms with van der Waals surface area (Å²) in [5.41, 5.74) is 0.276. The minimum atomic E-state index is -3.74. The first-order valence-corrected chi connectivity index (χ1v) is 10.8. The lowest BCUT2D eigenvalue weighted by Crippen LogP contribution is -2.48. The standard InChI is InChI=1S/C19H18ClFN4O3S/c20-13-4-5-16-17(10-13)22-18(23-19(16)26)12-24-6-8-25(9-7-24)29(27,28)15-3-1-2-14(21)11-15/h1-5,10-11H,6-9,12H2,(H,22,23,26). The largest absolute Gasteiger partial charge is 0.309 e. The lowest BCUT2D eigenvalue weighted by Gasteiger charge is -2.33. The molecule has 0 radical (unpaired) electrons. The molecule has 1 saturated heterocycles. The molecule has 0 bridgehead atoms. The van der Waals surface area contributed by atoms with Crippen molar-refractivity contribution in [1.82, 2.24) is 19.2 Å². The van der Waals surface area contributed by atoms with Crippen molar-refractivity contribution < 1.29 is 12.8 Å². The van der Waals surface area contributed by atoms with Crippen molar-refractivity contribution in [2.75, 3.05) is 26.2 Å². The fraction of sp³-hybridized carbons (Fsp3) is 0.263. The summed E-state index contributed by atoms with van der Waals surface area (Å²) in [5.74, 6) is -0.0950. The molecule has 152 valence electrons. The Balaban J connectivity index is 1.46. The maximum absolute atomic E-state index is 13.4. The summed E-state index contributed by atoms with van der Waals surface area (Å²) >= 11 is 5.99. The van der Waals surface area contributed by atoms with Gasteiger partial charge < -0.3 is 4.98 Å². The minimum Gasteiger partial charge on any atom is -0.309 e. The average Bonchev–Trinajstić information content (AvgIpc) is 2.68. The second-order valence-corrected chi connectivity index (χ2v) is 9.19. The lowest BCUT2D eigenvalue weighted by molar-refractivity contribution is 0.178. The van der Waals surface area contributed by atoms with E-state index in [2.05, 4.69) is 9.97 Å². The Hall–Kier alpha value is -2.33. The zero-order chi connectivity index (χ0) is 20.6. The number of sulfonamides is 1. The van der Waals surface area contributed by atoms with Gasteiger partial charge >= 0.3 is 0 Å². The van der Waals surface area contributed by atoms with Gasteiger partial charge in [0.05, 0.1) is 22.3 Å². The Bertz CT molecular complexity index is 1220. The highest BCUT2D eigenvalue weighted by Crippen LogP contribution is 2.19. The first-order chi connectivity index (χ1) is 13.8. The summed E-state index contributed by atoms with van der Waals surface area (Å²) in [5, 5.41) is 0.960. The molecule has 0 amide bonds. The van der Waals surface area contributed by atoms with Crippen LogP contribution in [0, 0.1) is 5.82 Å². The van der Waals surface area contributed by atoms with Crippen LogP contribution in [0.25, 0.3) is 10.9 Å².